The minimum atomic E-state index is -0.209. The Balaban J connectivity index is 1.45. The van der Waals surface area contributed by atoms with Crippen LogP contribution in [0.15, 0.2) is 77.9 Å². The molecular weight excluding hydrogens is 412 g/mol. The van der Waals surface area contributed by atoms with Gasteiger partial charge in [-0.05, 0) is 49.9 Å². The second kappa shape index (κ2) is 10.2. The summed E-state index contributed by atoms with van der Waals surface area (Å²) >= 11 is 0. The molecular formula is C27H28N4O2. The van der Waals surface area contributed by atoms with Crippen molar-refractivity contribution in [2.75, 3.05) is 11.4 Å². The van der Waals surface area contributed by atoms with Gasteiger partial charge >= 0.3 is 0 Å². The Morgan fingerprint density at radius 2 is 1.82 bits per heavy atom. The predicted octanol–water partition coefficient (Wildman–Crippen LogP) is 4.39. The number of anilines is 1. The van der Waals surface area contributed by atoms with E-state index >= 15 is 0 Å². The number of nitrogens with zero attached hydrogens (tertiary/aromatic N) is 3. The Morgan fingerprint density at radius 1 is 1.06 bits per heavy atom. The van der Waals surface area contributed by atoms with Crippen LogP contribution in [0.4, 0.5) is 11.5 Å². The van der Waals surface area contributed by atoms with Crippen molar-refractivity contribution < 1.29 is 9.59 Å². The summed E-state index contributed by atoms with van der Waals surface area (Å²) in [6, 6.07) is 21.7. The topological polar surface area (TPSA) is 74.7 Å². The van der Waals surface area contributed by atoms with Gasteiger partial charge in [-0.2, -0.15) is 0 Å². The van der Waals surface area contributed by atoms with Gasteiger partial charge in [0.1, 0.15) is 12.2 Å². The molecule has 0 unspecified atom stereocenters. The number of hydrogen-bond acceptors (Lipinski definition) is 4. The molecule has 2 heterocycles. The van der Waals surface area contributed by atoms with Crippen molar-refractivity contribution in [3.8, 4) is 0 Å². The number of amides is 2. The number of benzene rings is 2. The second-order valence-corrected chi connectivity index (χ2v) is 8.42. The SMILES string of the molecule is Cc1ccc(C2=Nc3cccnc3N(CC(=O)N[C@@H](C)CCc3ccccc3)C(=O)C2)cc1. The molecule has 1 N–H and O–H groups in total. The van der Waals surface area contributed by atoms with E-state index in [1.165, 1.54) is 10.5 Å². The molecule has 0 radical (unpaired) electrons. The van der Waals surface area contributed by atoms with Gasteiger partial charge in [-0.1, -0.05) is 60.2 Å². The lowest BCUT2D eigenvalue weighted by atomic mass is 10.1. The van der Waals surface area contributed by atoms with E-state index in [0.717, 1.165) is 24.0 Å². The first-order valence-corrected chi connectivity index (χ1v) is 11.2. The van der Waals surface area contributed by atoms with Gasteiger partial charge in [0.25, 0.3) is 0 Å². The summed E-state index contributed by atoms with van der Waals surface area (Å²) in [5, 5.41) is 3.02. The van der Waals surface area contributed by atoms with E-state index in [0.29, 0.717) is 17.2 Å². The van der Waals surface area contributed by atoms with Crippen LogP contribution in [0, 0.1) is 6.92 Å². The van der Waals surface area contributed by atoms with Gasteiger partial charge < -0.3 is 5.32 Å². The fourth-order valence-electron chi connectivity index (χ4n) is 3.87. The molecule has 1 aliphatic rings. The lowest BCUT2D eigenvalue weighted by Gasteiger charge is -2.22. The minimum Gasteiger partial charge on any atom is -0.352 e. The normalized spacial score (nSPS) is 14.2. The molecule has 1 aliphatic heterocycles. The lowest BCUT2D eigenvalue weighted by molar-refractivity contribution is -0.123. The molecule has 2 aromatic carbocycles. The third-order valence-electron chi connectivity index (χ3n) is 5.70. The number of pyridine rings is 1. The van der Waals surface area contributed by atoms with Gasteiger partial charge in [0.15, 0.2) is 5.82 Å². The molecule has 6 nitrogen and oxygen atoms in total. The van der Waals surface area contributed by atoms with Crippen molar-refractivity contribution in [3.63, 3.8) is 0 Å². The molecule has 0 saturated heterocycles. The number of rotatable bonds is 7. The molecule has 33 heavy (non-hydrogen) atoms. The molecule has 0 bridgehead atoms. The number of carbonyl (C=O) groups is 2. The fourth-order valence-corrected chi connectivity index (χ4v) is 3.87. The molecule has 0 fully saturated rings. The van der Waals surface area contributed by atoms with Crippen LogP contribution in [0.1, 0.15) is 36.5 Å². The quantitative estimate of drug-likeness (QED) is 0.592. The molecule has 0 spiro atoms. The van der Waals surface area contributed by atoms with Crippen LogP contribution >= 0.6 is 0 Å². The molecule has 168 valence electrons. The summed E-state index contributed by atoms with van der Waals surface area (Å²) in [5.74, 6) is 0.00913. The van der Waals surface area contributed by atoms with E-state index in [-0.39, 0.29) is 30.8 Å². The summed E-state index contributed by atoms with van der Waals surface area (Å²) < 4.78 is 0. The van der Waals surface area contributed by atoms with Crippen molar-refractivity contribution in [3.05, 3.63) is 89.6 Å². The molecule has 1 aromatic heterocycles. The Morgan fingerprint density at radius 3 is 2.58 bits per heavy atom. The molecule has 0 saturated carbocycles. The van der Waals surface area contributed by atoms with E-state index in [2.05, 4.69) is 22.4 Å². The first-order chi connectivity index (χ1) is 16.0. The van der Waals surface area contributed by atoms with Crippen LogP contribution in [0.5, 0.6) is 0 Å². The van der Waals surface area contributed by atoms with Gasteiger partial charge in [0, 0.05) is 12.2 Å². The average Bonchev–Trinajstić information content (AvgIpc) is 2.95. The Hall–Kier alpha value is -3.80. The van der Waals surface area contributed by atoms with Gasteiger partial charge in [0.05, 0.1) is 12.1 Å². The van der Waals surface area contributed by atoms with E-state index < -0.39 is 0 Å². The Bertz CT molecular complexity index is 1160. The zero-order valence-electron chi connectivity index (χ0n) is 19.0. The number of aromatic nitrogens is 1. The molecule has 2 amide bonds. The minimum absolute atomic E-state index is 0.0117. The van der Waals surface area contributed by atoms with E-state index in [4.69, 9.17) is 4.99 Å². The average molecular weight is 441 g/mol. The first kappa shape index (κ1) is 22.4. The van der Waals surface area contributed by atoms with Crippen molar-refractivity contribution in [2.45, 2.75) is 39.2 Å². The van der Waals surface area contributed by atoms with Gasteiger partial charge in [-0.25, -0.2) is 9.98 Å². The maximum Gasteiger partial charge on any atom is 0.240 e. The van der Waals surface area contributed by atoms with Crippen LogP contribution in [0.3, 0.4) is 0 Å². The zero-order chi connectivity index (χ0) is 23.2. The monoisotopic (exact) mass is 440 g/mol. The number of aliphatic imine (C=N–C) groups is 1. The highest BCUT2D eigenvalue weighted by atomic mass is 16.2. The van der Waals surface area contributed by atoms with Gasteiger partial charge in [-0.15, -0.1) is 0 Å². The summed E-state index contributed by atoms with van der Waals surface area (Å²) in [6.07, 6.45) is 3.42. The zero-order valence-corrected chi connectivity index (χ0v) is 19.0. The van der Waals surface area contributed by atoms with Crippen molar-refractivity contribution >= 4 is 29.0 Å². The fraction of sp³-hybridized carbons (Fsp3) is 0.259. The predicted molar refractivity (Wildman–Crippen MR) is 131 cm³/mol. The number of nitrogens with one attached hydrogen (secondary N) is 1. The molecule has 4 rings (SSSR count). The maximum atomic E-state index is 13.2. The summed E-state index contributed by atoms with van der Waals surface area (Å²) in [4.78, 5) is 36.6. The summed E-state index contributed by atoms with van der Waals surface area (Å²) in [7, 11) is 0. The van der Waals surface area contributed by atoms with Crippen molar-refractivity contribution in [2.24, 2.45) is 4.99 Å². The highest BCUT2D eigenvalue weighted by molar-refractivity contribution is 6.18. The molecule has 0 aliphatic carbocycles. The van der Waals surface area contributed by atoms with Crippen LogP contribution < -0.4 is 10.2 Å². The Kier molecular flexibility index (Phi) is 6.93. The maximum absolute atomic E-state index is 13.2. The largest absolute Gasteiger partial charge is 0.352 e. The van der Waals surface area contributed by atoms with Crippen LogP contribution in [-0.2, 0) is 16.0 Å². The number of fused-ring (bicyclic) bond motifs is 1. The van der Waals surface area contributed by atoms with Crippen LogP contribution in [0.25, 0.3) is 0 Å². The smallest absolute Gasteiger partial charge is 0.240 e. The van der Waals surface area contributed by atoms with Crippen LogP contribution in [0.2, 0.25) is 0 Å². The standard InChI is InChI=1S/C27H28N4O2/c1-19-10-14-22(15-11-19)24-17-26(33)31(27-23(30-24)9-6-16-28-27)18-25(32)29-20(2)12-13-21-7-4-3-5-8-21/h3-11,14-16,20H,12-13,17-18H2,1-2H3,(H,29,32)/t20-/m0/s1. The highest BCUT2D eigenvalue weighted by Gasteiger charge is 2.28. The van der Waals surface area contributed by atoms with Crippen LogP contribution in [-0.4, -0.2) is 35.1 Å². The van der Waals surface area contributed by atoms with Crippen molar-refractivity contribution in [1.29, 1.82) is 0 Å². The molecule has 1 atom stereocenters. The molecule has 6 heteroatoms. The number of aryl methyl sites for hydroxylation is 2. The van der Waals surface area contributed by atoms with E-state index in [9.17, 15) is 9.59 Å². The van der Waals surface area contributed by atoms with Crippen molar-refractivity contribution in [1.82, 2.24) is 10.3 Å². The lowest BCUT2D eigenvalue weighted by Crippen LogP contribution is -2.44. The summed E-state index contributed by atoms with van der Waals surface area (Å²) in [5.41, 5.74) is 4.53. The van der Waals surface area contributed by atoms with E-state index in [1.54, 1.807) is 12.3 Å². The van der Waals surface area contributed by atoms with Gasteiger partial charge in [-0.3, -0.25) is 14.5 Å². The third kappa shape index (κ3) is 5.71. The van der Waals surface area contributed by atoms with Gasteiger partial charge in [0.2, 0.25) is 11.8 Å². The second-order valence-electron chi connectivity index (χ2n) is 8.42. The van der Waals surface area contributed by atoms with E-state index in [1.807, 2.05) is 62.4 Å². The number of hydrogen-bond donors (Lipinski definition) is 1. The Labute approximate surface area is 194 Å². The summed E-state index contributed by atoms with van der Waals surface area (Å²) in [6.45, 7) is 3.91. The first-order valence-electron chi connectivity index (χ1n) is 11.2. The number of carbonyl (C=O) groups excluding carboxylic acids is 2. The highest BCUT2D eigenvalue weighted by Crippen LogP contribution is 2.30. The third-order valence-corrected chi connectivity index (χ3v) is 5.70. The molecule has 3 aromatic rings.